The van der Waals surface area contributed by atoms with Gasteiger partial charge in [0.05, 0.1) is 14.2 Å². The summed E-state index contributed by atoms with van der Waals surface area (Å²) in [5.74, 6) is 0.986. The van der Waals surface area contributed by atoms with Crippen LogP contribution in [-0.4, -0.2) is 28.3 Å². The number of hydrogen-bond acceptors (Lipinski definition) is 7. The maximum Gasteiger partial charge on any atom is 0.359 e. The maximum absolute atomic E-state index is 13.4. The maximum atomic E-state index is 13.4. The van der Waals surface area contributed by atoms with Gasteiger partial charge < -0.3 is 9.47 Å². The Morgan fingerprint density at radius 1 is 0.879 bits per heavy atom. The third-order valence-electron chi connectivity index (χ3n) is 5.32. The lowest BCUT2D eigenvalue weighted by Gasteiger charge is -2.21. The fraction of sp³-hybridized carbons (Fsp3) is 0.440. The van der Waals surface area contributed by atoms with E-state index in [-0.39, 0.29) is 28.4 Å². The number of methoxy groups -OCH3 is 2. The largest absolute Gasteiger partial charge is 0.493 e. The Morgan fingerprint density at radius 2 is 1.42 bits per heavy atom. The second kappa shape index (κ2) is 10.7. The summed E-state index contributed by atoms with van der Waals surface area (Å²) >= 11 is 0. The molecule has 7 nitrogen and oxygen atoms in total. The normalized spacial score (nSPS) is 12.2. The zero-order valence-corrected chi connectivity index (χ0v) is 21.3. The van der Waals surface area contributed by atoms with Crippen molar-refractivity contribution in [2.45, 2.75) is 64.2 Å². The third kappa shape index (κ3) is 5.85. The summed E-state index contributed by atoms with van der Waals surface area (Å²) < 4.78 is 42.3. The van der Waals surface area contributed by atoms with Crippen LogP contribution in [0.25, 0.3) is 0 Å². The van der Waals surface area contributed by atoms with Crippen molar-refractivity contribution in [3.8, 4) is 17.6 Å². The Kier molecular flexibility index (Phi) is 8.51. The second-order valence-electron chi connectivity index (χ2n) is 8.64. The molecule has 0 saturated heterocycles. The summed E-state index contributed by atoms with van der Waals surface area (Å²) in [6.45, 7) is 11.9. The zero-order valence-electron chi connectivity index (χ0n) is 20.5. The Hall–Kier alpha value is -3.05. The van der Waals surface area contributed by atoms with Crippen molar-refractivity contribution in [1.29, 1.82) is 5.26 Å². The smallest absolute Gasteiger partial charge is 0.359 e. The molecule has 0 fully saturated rings. The molecule has 0 unspecified atom stereocenters. The summed E-state index contributed by atoms with van der Waals surface area (Å²) in [5.41, 5.74) is 2.55. The molecule has 33 heavy (non-hydrogen) atoms. The molecule has 0 spiro atoms. The van der Waals surface area contributed by atoms with E-state index in [2.05, 4.69) is 19.0 Å². The Labute approximate surface area is 197 Å². The minimum absolute atomic E-state index is 0.0557. The third-order valence-corrected chi connectivity index (χ3v) is 6.56. The molecule has 0 aliphatic carbocycles. The molecule has 2 rings (SSSR count). The SMILES string of the molecule is COc1ccc(/C(C#N)=N\OS(=O)(=O)c2c(C(C)C)cc(C(C)C)cc2C(C)C)cc1OC. The Balaban J connectivity index is 2.60. The lowest BCUT2D eigenvalue weighted by Crippen LogP contribution is -2.14. The molecule has 0 heterocycles. The van der Waals surface area contributed by atoms with E-state index in [0.717, 1.165) is 5.56 Å². The molecule has 0 bridgehead atoms. The van der Waals surface area contributed by atoms with E-state index >= 15 is 0 Å². The minimum atomic E-state index is -4.29. The molecule has 8 heteroatoms. The number of benzene rings is 2. The van der Waals surface area contributed by atoms with E-state index in [1.807, 2.05) is 45.9 Å². The highest BCUT2D eigenvalue weighted by molar-refractivity contribution is 7.86. The van der Waals surface area contributed by atoms with Crippen molar-refractivity contribution in [3.63, 3.8) is 0 Å². The van der Waals surface area contributed by atoms with Gasteiger partial charge in [0, 0.05) is 5.56 Å². The van der Waals surface area contributed by atoms with Gasteiger partial charge in [0.1, 0.15) is 11.0 Å². The van der Waals surface area contributed by atoms with Gasteiger partial charge in [0.2, 0.25) is 0 Å². The number of oxime groups is 1. The number of ether oxygens (including phenoxy) is 2. The Morgan fingerprint density at radius 3 is 1.85 bits per heavy atom. The highest BCUT2D eigenvalue weighted by atomic mass is 32.2. The van der Waals surface area contributed by atoms with Crippen LogP contribution in [0.5, 0.6) is 11.5 Å². The minimum Gasteiger partial charge on any atom is -0.493 e. The molecule has 0 aliphatic rings. The lowest BCUT2D eigenvalue weighted by atomic mass is 9.89. The number of rotatable bonds is 9. The predicted octanol–water partition coefficient (Wildman–Crippen LogP) is 5.71. The van der Waals surface area contributed by atoms with Crippen molar-refractivity contribution in [1.82, 2.24) is 0 Å². The first kappa shape index (κ1) is 26.2. The average Bonchev–Trinajstić information content (AvgIpc) is 2.77. The van der Waals surface area contributed by atoms with Gasteiger partial charge in [-0.15, -0.1) is 0 Å². The fourth-order valence-corrected chi connectivity index (χ4v) is 4.84. The molecule has 0 radical (unpaired) electrons. The molecule has 0 saturated carbocycles. The van der Waals surface area contributed by atoms with Crippen LogP contribution in [-0.2, 0) is 14.4 Å². The highest BCUT2D eigenvalue weighted by Gasteiger charge is 2.29. The number of nitrogens with zero attached hydrogens (tertiary/aromatic N) is 2. The van der Waals surface area contributed by atoms with Gasteiger partial charge in [-0.25, -0.2) is 0 Å². The van der Waals surface area contributed by atoms with Crippen molar-refractivity contribution in [3.05, 3.63) is 52.6 Å². The molecule has 0 amide bonds. The monoisotopic (exact) mass is 472 g/mol. The Bertz CT molecular complexity index is 1150. The summed E-state index contributed by atoms with van der Waals surface area (Å²) in [6.07, 6.45) is 0. The van der Waals surface area contributed by atoms with Gasteiger partial charge in [-0.2, -0.15) is 13.7 Å². The van der Waals surface area contributed by atoms with Crippen molar-refractivity contribution in [2.24, 2.45) is 5.16 Å². The molecule has 0 N–H and O–H groups in total. The standard InChI is InChI=1S/C25H32N2O5S/c1-15(2)19-11-20(16(3)4)25(21(12-19)17(5)6)33(28,29)32-27-22(14-26)18-9-10-23(30-7)24(13-18)31-8/h9-13,15-17H,1-8H3/b27-22-. The summed E-state index contributed by atoms with van der Waals surface area (Å²) in [7, 11) is -1.33. The van der Waals surface area contributed by atoms with Gasteiger partial charge in [0.25, 0.3) is 0 Å². The first-order chi connectivity index (χ1) is 15.5. The number of nitriles is 1. The van der Waals surface area contributed by atoms with Crippen LogP contribution >= 0.6 is 0 Å². The van der Waals surface area contributed by atoms with Gasteiger partial charge in [0.15, 0.2) is 17.2 Å². The quantitative estimate of drug-likeness (QED) is 0.343. The van der Waals surface area contributed by atoms with E-state index in [1.165, 1.54) is 20.3 Å². The van der Waals surface area contributed by atoms with E-state index in [9.17, 15) is 13.7 Å². The molecular weight excluding hydrogens is 440 g/mol. The zero-order chi connectivity index (χ0) is 24.9. The molecule has 2 aromatic rings. The molecule has 0 aromatic heterocycles. The van der Waals surface area contributed by atoms with Crippen molar-refractivity contribution in [2.75, 3.05) is 14.2 Å². The van der Waals surface area contributed by atoms with Crippen LogP contribution in [0.2, 0.25) is 0 Å². The van der Waals surface area contributed by atoms with Crippen LogP contribution < -0.4 is 9.47 Å². The van der Waals surface area contributed by atoms with Crippen LogP contribution in [0, 0.1) is 11.3 Å². The summed E-state index contributed by atoms with van der Waals surface area (Å²) in [6, 6.07) is 10.4. The van der Waals surface area contributed by atoms with Gasteiger partial charge in [-0.05, 0) is 52.6 Å². The van der Waals surface area contributed by atoms with E-state index in [1.54, 1.807) is 12.1 Å². The summed E-state index contributed by atoms with van der Waals surface area (Å²) in [4.78, 5) is 0.116. The van der Waals surface area contributed by atoms with E-state index in [0.29, 0.717) is 28.2 Å². The fourth-order valence-electron chi connectivity index (χ4n) is 3.42. The lowest BCUT2D eigenvalue weighted by molar-refractivity contribution is 0.338. The molecule has 178 valence electrons. The van der Waals surface area contributed by atoms with Gasteiger partial charge in [-0.3, -0.25) is 4.28 Å². The van der Waals surface area contributed by atoms with Gasteiger partial charge in [-0.1, -0.05) is 58.8 Å². The molecule has 0 atom stereocenters. The predicted molar refractivity (Wildman–Crippen MR) is 129 cm³/mol. The molecule has 2 aromatic carbocycles. The van der Waals surface area contributed by atoms with Crippen LogP contribution in [0.15, 0.2) is 40.4 Å². The molecular formula is C25H32N2O5S. The first-order valence-electron chi connectivity index (χ1n) is 10.8. The van der Waals surface area contributed by atoms with Gasteiger partial charge >= 0.3 is 10.1 Å². The van der Waals surface area contributed by atoms with E-state index < -0.39 is 10.1 Å². The molecule has 0 aliphatic heterocycles. The average molecular weight is 473 g/mol. The topological polar surface area (TPSA) is 98.0 Å². The summed E-state index contributed by atoms with van der Waals surface area (Å²) in [5, 5.41) is 13.3. The van der Waals surface area contributed by atoms with Crippen LogP contribution in [0.4, 0.5) is 0 Å². The van der Waals surface area contributed by atoms with Crippen LogP contribution in [0.1, 0.15) is 81.5 Å². The van der Waals surface area contributed by atoms with Crippen molar-refractivity contribution < 1.29 is 22.2 Å². The first-order valence-corrected chi connectivity index (χ1v) is 12.2. The van der Waals surface area contributed by atoms with E-state index in [4.69, 9.17) is 13.8 Å². The highest BCUT2D eigenvalue weighted by Crippen LogP contribution is 2.36. The van der Waals surface area contributed by atoms with Crippen LogP contribution in [0.3, 0.4) is 0 Å². The number of hydrogen-bond donors (Lipinski definition) is 0. The van der Waals surface area contributed by atoms with Crippen molar-refractivity contribution >= 4 is 15.8 Å². The second-order valence-corrected chi connectivity index (χ2v) is 10.1.